The van der Waals surface area contributed by atoms with Crippen LogP contribution in [-0.2, 0) is 13.8 Å². The number of carbonyl (C=O) groups is 1. The number of halogens is 2. The van der Waals surface area contributed by atoms with Crippen molar-refractivity contribution in [3.63, 3.8) is 0 Å². The Morgan fingerprint density at radius 3 is 2.30 bits per heavy atom. The first-order chi connectivity index (χ1) is 4.42. The molecule has 4 nitrogen and oxygen atoms in total. The van der Waals surface area contributed by atoms with Crippen LogP contribution in [0.2, 0.25) is 0 Å². The van der Waals surface area contributed by atoms with Gasteiger partial charge >= 0.3 is 5.43 Å². The molecule has 0 aromatic rings. The van der Waals surface area contributed by atoms with E-state index in [1.165, 1.54) is 0 Å². The van der Waals surface area contributed by atoms with Gasteiger partial charge in [0, 0.05) is 22.3 Å². The van der Waals surface area contributed by atoms with Crippen LogP contribution in [-0.4, -0.2) is 26.2 Å². The highest BCUT2D eigenvalue weighted by Gasteiger charge is 2.05. The lowest BCUT2D eigenvalue weighted by Gasteiger charge is -1.95. The van der Waals surface area contributed by atoms with Crippen LogP contribution in [0.3, 0.4) is 0 Å². The molecule has 0 atom stereocenters. The summed E-state index contributed by atoms with van der Waals surface area (Å²) in [6.45, 7) is -0.311. The average molecular weight is 207 g/mol. The molecular weight excluding hydrogens is 203 g/mol. The summed E-state index contributed by atoms with van der Waals surface area (Å²) in [6, 6.07) is 0. The highest BCUT2D eigenvalue weighted by molar-refractivity contribution is 8.13. The third kappa shape index (κ3) is 8.00. The number of ether oxygens (including phenoxy) is 1. The van der Waals surface area contributed by atoms with Crippen LogP contribution in [0, 0.1) is 0 Å². The van der Waals surface area contributed by atoms with E-state index in [4.69, 9.17) is 22.3 Å². The SMILES string of the molecule is O=C(Cl)OCCS(=O)(=O)Cl. The van der Waals surface area contributed by atoms with Crippen molar-refractivity contribution in [1.82, 2.24) is 0 Å². The van der Waals surface area contributed by atoms with Gasteiger partial charge in [-0.15, -0.1) is 0 Å². The number of rotatable bonds is 3. The highest BCUT2D eigenvalue weighted by Crippen LogP contribution is 1.96. The minimum absolute atomic E-state index is 0.311. The zero-order valence-corrected chi connectivity index (χ0v) is 7.04. The van der Waals surface area contributed by atoms with Gasteiger partial charge in [0.2, 0.25) is 9.05 Å². The summed E-state index contributed by atoms with van der Waals surface area (Å²) >= 11 is 4.71. The van der Waals surface area contributed by atoms with Gasteiger partial charge in [-0.2, -0.15) is 0 Å². The second-order valence-corrected chi connectivity index (χ2v) is 4.53. The van der Waals surface area contributed by atoms with Crippen molar-refractivity contribution in [3.8, 4) is 0 Å². The molecule has 0 spiro atoms. The molecule has 0 aromatic carbocycles. The van der Waals surface area contributed by atoms with E-state index in [0.29, 0.717) is 0 Å². The summed E-state index contributed by atoms with van der Waals surface area (Å²) in [5.41, 5.74) is -1.04. The van der Waals surface area contributed by atoms with Crippen LogP contribution in [0.15, 0.2) is 0 Å². The molecule has 10 heavy (non-hydrogen) atoms. The van der Waals surface area contributed by atoms with Crippen LogP contribution in [0.1, 0.15) is 0 Å². The topological polar surface area (TPSA) is 60.4 Å². The maximum absolute atomic E-state index is 10.1. The molecule has 0 rings (SSSR count). The van der Waals surface area contributed by atoms with E-state index in [0.717, 1.165) is 0 Å². The van der Waals surface area contributed by atoms with Crippen molar-refractivity contribution in [3.05, 3.63) is 0 Å². The smallest absolute Gasteiger partial charge is 0.403 e. The minimum Gasteiger partial charge on any atom is -0.453 e. The Hall–Kier alpha value is -0.000000000000000111. The summed E-state index contributed by atoms with van der Waals surface area (Å²) in [4.78, 5) is 9.83. The molecule has 7 heteroatoms. The average Bonchev–Trinajstić information content (AvgIpc) is 1.59. The van der Waals surface area contributed by atoms with Gasteiger partial charge in [-0.25, -0.2) is 13.2 Å². The molecule has 0 saturated heterocycles. The van der Waals surface area contributed by atoms with E-state index in [-0.39, 0.29) is 6.61 Å². The molecule has 60 valence electrons. The third-order valence-electron chi connectivity index (χ3n) is 0.543. The Morgan fingerprint density at radius 1 is 1.50 bits per heavy atom. The van der Waals surface area contributed by atoms with Gasteiger partial charge in [-0.1, -0.05) is 0 Å². The Kier molecular flexibility index (Phi) is 4.00. The Labute approximate surface area is 67.5 Å². The zero-order chi connectivity index (χ0) is 8.20. The van der Waals surface area contributed by atoms with Gasteiger partial charge in [0.25, 0.3) is 0 Å². The number of carbonyl (C=O) groups excluding carboxylic acids is 1. The summed E-state index contributed by atoms with van der Waals surface area (Å²) in [5, 5.41) is 0. The molecule has 0 aliphatic rings. The molecule has 0 heterocycles. The van der Waals surface area contributed by atoms with Gasteiger partial charge in [0.05, 0.1) is 5.75 Å². The lowest BCUT2D eigenvalue weighted by atomic mass is 10.9. The van der Waals surface area contributed by atoms with E-state index >= 15 is 0 Å². The van der Waals surface area contributed by atoms with Crippen LogP contribution in [0.4, 0.5) is 4.79 Å². The van der Waals surface area contributed by atoms with Crippen molar-refractivity contribution in [1.29, 1.82) is 0 Å². The lowest BCUT2D eigenvalue weighted by molar-refractivity contribution is 0.180. The fourth-order valence-electron chi connectivity index (χ4n) is 0.221. The van der Waals surface area contributed by atoms with E-state index in [1.54, 1.807) is 0 Å². The second-order valence-electron chi connectivity index (χ2n) is 1.33. The van der Waals surface area contributed by atoms with E-state index in [2.05, 4.69) is 4.74 Å². The van der Waals surface area contributed by atoms with Gasteiger partial charge in [0.1, 0.15) is 6.61 Å². The summed E-state index contributed by atoms with van der Waals surface area (Å²) < 4.78 is 24.4. The fourth-order valence-corrected chi connectivity index (χ4v) is 0.770. The van der Waals surface area contributed by atoms with Crippen molar-refractivity contribution in [2.75, 3.05) is 12.4 Å². The number of hydrogen-bond donors (Lipinski definition) is 0. The van der Waals surface area contributed by atoms with Crippen molar-refractivity contribution in [2.45, 2.75) is 0 Å². The first-order valence-corrected chi connectivity index (χ1v) is 5.02. The molecule has 0 saturated carbocycles. The van der Waals surface area contributed by atoms with E-state index in [1.807, 2.05) is 0 Å². The molecule has 0 amide bonds. The molecule has 0 aliphatic heterocycles. The maximum atomic E-state index is 10.1. The first-order valence-electron chi connectivity index (χ1n) is 2.16. The minimum atomic E-state index is -3.58. The van der Waals surface area contributed by atoms with Gasteiger partial charge in [-0.3, -0.25) is 0 Å². The summed E-state index contributed by atoms with van der Waals surface area (Å²) in [6.07, 6.45) is 0. The van der Waals surface area contributed by atoms with Gasteiger partial charge in [-0.05, 0) is 0 Å². The molecule has 0 bridgehead atoms. The Balaban J connectivity index is 3.49. The Morgan fingerprint density at radius 2 is 2.00 bits per heavy atom. The first kappa shape index (κ1) is 10.0. The molecule has 0 aliphatic carbocycles. The summed E-state index contributed by atoms with van der Waals surface area (Å²) in [7, 11) is 1.17. The van der Waals surface area contributed by atoms with Crippen molar-refractivity contribution >= 4 is 36.8 Å². The molecule has 0 unspecified atom stereocenters. The van der Waals surface area contributed by atoms with Crippen LogP contribution < -0.4 is 0 Å². The predicted octanol–water partition coefficient (Wildman–Crippen LogP) is 0.930. The Bertz CT molecular complexity index is 209. The quantitative estimate of drug-likeness (QED) is 0.646. The lowest BCUT2D eigenvalue weighted by Crippen LogP contribution is -2.07. The molecular formula is C3H4Cl2O4S. The third-order valence-corrected chi connectivity index (χ3v) is 1.77. The predicted molar refractivity (Wildman–Crippen MR) is 36.8 cm³/mol. The molecule has 0 aromatic heterocycles. The number of hydrogen-bond acceptors (Lipinski definition) is 4. The fraction of sp³-hybridized carbons (Fsp3) is 0.667. The van der Waals surface area contributed by atoms with E-state index < -0.39 is 20.2 Å². The monoisotopic (exact) mass is 206 g/mol. The second kappa shape index (κ2) is 4.00. The van der Waals surface area contributed by atoms with Crippen LogP contribution in [0.25, 0.3) is 0 Å². The van der Waals surface area contributed by atoms with Crippen LogP contribution in [0.5, 0.6) is 0 Å². The standard InChI is InChI=1S/C3H4Cl2O4S/c4-3(6)9-1-2-10(5,7)8/h1-2H2. The van der Waals surface area contributed by atoms with E-state index in [9.17, 15) is 13.2 Å². The molecule has 0 fully saturated rings. The zero-order valence-electron chi connectivity index (χ0n) is 4.71. The van der Waals surface area contributed by atoms with Gasteiger partial charge in [0.15, 0.2) is 0 Å². The maximum Gasteiger partial charge on any atom is 0.403 e. The van der Waals surface area contributed by atoms with Crippen molar-refractivity contribution in [2.24, 2.45) is 0 Å². The highest BCUT2D eigenvalue weighted by atomic mass is 35.7. The largest absolute Gasteiger partial charge is 0.453 e. The van der Waals surface area contributed by atoms with Crippen LogP contribution >= 0.6 is 22.3 Å². The van der Waals surface area contributed by atoms with Crippen molar-refractivity contribution < 1.29 is 17.9 Å². The molecule has 0 radical (unpaired) electrons. The summed E-state index contributed by atoms with van der Waals surface area (Å²) in [5.74, 6) is -0.424. The normalized spacial score (nSPS) is 11.0. The van der Waals surface area contributed by atoms with Gasteiger partial charge < -0.3 is 4.74 Å². The molecule has 0 N–H and O–H groups in total.